The zero-order valence-electron chi connectivity index (χ0n) is 26.0. The van der Waals surface area contributed by atoms with Gasteiger partial charge in [-0.2, -0.15) is 0 Å². The van der Waals surface area contributed by atoms with Crippen molar-refractivity contribution in [3.63, 3.8) is 0 Å². The molecule has 9 nitrogen and oxygen atoms in total. The summed E-state index contributed by atoms with van der Waals surface area (Å²) in [6, 6.07) is 12.9. The summed E-state index contributed by atoms with van der Waals surface area (Å²) < 4.78 is 10.4. The smallest absolute Gasteiger partial charge is 0.270 e. The minimum absolute atomic E-state index is 0.00543. The van der Waals surface area contributed by atoms with Crippen LogP contribution in [0.2, 0.25) is 0 Å². The van der Waals surface area contributed by atoms with Gasteiger partial charge in [0.05, 0.1) is 24.0 Å². The molecule has 5 aliphatic rings. The van der Waals surface area contributed by atoms with Crippen LogP contribution in [0.3, 0.4) is 0 Å². The molecule has 0 spiro atoms. The standard InChI is InChI=1S/C37H36N6O3/c1-41-35-28(14-26(17-32(35)46-2)37(45)43-19-25-8-11-29(43)34(25)38)40-36(41)31-16-24-6-5-22(15-30(24)42(31)18-20-3-4-20)21-7-10-27-23(13-21)9-12-33(44)39-27/h5-7,9-10,12-17,20-21,25,29,34H,3-4,8,11,18-19,38H2,1-2H3/t21?,25?,29?,34-/m1/s1. The van der Waals surface area contributed by atoms with Crippen LogP contribution in [-0.2, 0) is 18.4 Å². The molecule has 2 aromatic carbocycles. The lowest BCUT2D eigenvalue weighted by atomic mass is 9.89. The number of hydrogen-bond acceptors (Lipinski definition) is 5. The SMILES string of the molecule is COc1cc(C(=O)N2CC3CCC2[C@@H]3N)cc2nc(-c3cc4ccc(C5C=CC6=NC(=O)C=CC6=C5)cc4n3CC3CC3)n(C)c12. The molecule has 3 fully saturated rings. The molecular formula is C37H36N6O3. The van der Waals surface area contributed by atoms with Gasteiger partial charge in [-0.3, -0.25) is 9.59 Å². The Bertz CT molecular complexity index is 2110. The molecule has 2 saturated carbocycles. The van der Waals surface area contributed by atoms with E-state index in [0.717, 1.165) is 65.2 Å². The number of aromatic nitrogens is 3. The molecule has 4 heterocycles. The highest BCUT2D eigenvalue weighted by Crippen LogP contribution is 2.41. The predicted octanol–water partition coefficient (Wildman–Crippen LogP) is 5.29. The number of imidazole rings is 1. The van der Waals surface area contributed by atoms with Gasteiger partial charge in [0.25, 0.3) is 11.8 Å². The Morgan fingerprint density at radius 3 is 2.70 bits per heavy atom. The van der Waals surface area contributed by atoms with Crippen molar-refractivity contribution in [2.24, 2.45) is 29.6 Å². The number of dihydropyridines is 1. The van der Waals surface area contributed by atoms with Gasteiger partial charge in [-0.05, 0) is 85.1 Å². The van der Waals surface area contributed by atoms with Crippen molar-refractivity contribution in [2.45, 2.75) is 50.2 Å². The largest absolute Gasteiger partial charge is 0.494 e. The molecule has 2 aliphatic heterocycles. The fourth-order valence-electron chi connectivity index (χ4n) is 8.08. The van der Waals surface area contributed by atoms with Crippen molar-refractivity contribution in [3.8, 4) is 17.3 Å². The molecule has 9 rings (SSSR count). The second-order valence-electron chi connectivity index (χ2n) is 13.6. The molecule has 4 aromatic rings. The fourth-order valence-corrected chi connectivity index (χ4v) is 8.08. The number of nitrogens with two attached hydrogens (primary N) is 1. The first kappa shape index (κ1) is 27.5. The lowest BCUT2D eigenvalue weighted by Gasteiger charge is -2.27. The van der Waals surface area contributed by atoms with E-state index in [9.17, 15) is 9.59 Å². The molecule has 2 N–H and O–H groups in total. The summed E-state index contributed by atoms with van der Waals surface area (Å²) in [5.74, 6) is 2.40. The van der Waals surface area contributed by atoms with Gasteiger partial charge in [-0.25, -0.2) is 9.98 Å². The zero-order chi connectivity index (χ0) is 31.3. The monoisotopic (exact) mass is 612 g/mol. The van der Waals surface area contributed by atoms with E-state index in [4.69, 9.17) is 15.5 Å². The van der Waals surface area contributed by atoms with Gasteiger partial charge < -0.3 is 24.5 Å². The first-order valence-electron chi connectivity index (χ1n) is 16.3. The molecule has 4 atom stereocenters. The molecule has 1 saturated heterocycles. The second-order valence-corrected chi connectivity index (χ2v) is 13.6. The first-order valence-corrected chi connectivity index (χ1v) is 16.3. The molecule has 2 amide bonds. The summed E-state index contributed by atoms with van der Waals surface area (Å²) in [5.41, 5.74) is 13.8. The van der Waals surface area contributed by atoms with Crippen molar-refractivity contribution in [3.05, 3.63) is 83.5 Å². The van der Waals surface area contributed by atoms with E-state index in [0.29, 0.717) is 23.1 Å². The number of piperidine rings is 1. The number of ether oxygens (including phenoxy) is 1. The van der Waals surface area contributed by atoms with Crippen LogP contribution in [0.4, 0.5) is 0 Å². The Balaban J connectivity index is 1.13. The average molecular weight is 613 g/mol. The van der Waals surface area contributed by atoms with Gasteiger partial charge in [0.1, 0.15) is 11.3 Å². The van der Waals surface area contributed by atoms with Crippen LogP contribution < -0.4 is 10.5 Å². The number of nitrogens with zero attached hydrogens (tertiary/aromatic N) is 5. The number of hydrogen-bond donors (Lipinski definition) is 1. The molecule has 2 aromatic heterocycles. The van der Waals surface area contributed by atoms with E-state index >= 15 is 0 Å². The maximum Gasteiger partial charge on any atom is 0.270 e. The molecule has 46 heavy (non-hydrogen) atoms. The van der Waals surface area contributed by atoms with Crippen molar-refractivity contribution in [1.29, 1.82) is 0 Å². The van der Waals surface area contributed by atoms with Crippen LogP contribution in [0.5, 0.6) is 5.75 Å². The Hall–Kier alpha value is -4.76. The Labute approximate surface area is 266 Å². The lowest BCUT2D eigenvalue weighted by molar-refractivity contribution is -0.113. The minimum Gasteiger partial charge on any atom is -0.494 e. The molecule has 9 heteroatoms. The number of rotatable bonds is 6. The quantitative estimate of drug-likeness (QED) is 0.318. The Morgan fingerprint density at radius 2 is 1.93 bits per heavy atom. The molecule has 2 bridgehead atoms. The number of amides is 2. The highest BCUT2D eigenvalue weighted by molar-refractivity contribution is 6.19. The van der Waals surface area contributed by atoms with Crippen LogP contribution >= 0.6 is 0 Å². The number of carbonyl (C=O) groups is 2. The van der Waals surface area contributed by atoms with Crippen molar-refractivity contribution >= 4 is 39.5 Å². The normalized spacial score (nSPS) is 25.0. The van der Waals surface area contributed by atoms with E-state index in [1.165, 1.54) is 30.0 Å². The van der Waals surface area contributed by atoms with E-state index in [1.54, 1.807) is 7.11 Å². The third kappa shape index (κ3) is 4.25. The molecule has 0 radical (unpaired) electrons. The topological polar surface area (TPSA) is 108 Å². The molecular weight excluding hydrogens is 576 g/mol. The Morgan fingerprint density at radius 1 is 1.07 bits per heavy atom. The third-order valence-corrected chi connectivity index (χ3v) is 10.7. The Kier molecular flexibility index (Phi) is 6.06. The fraction of sp³-hybridized carbons (Fsp3) is 0.351. The number of benzene rings is 2. The van der Waals surface area contributed by atoms with Crippen LogP contribution in [0.15, 0.2) is 77.3 Å². The van der Waals surface area contributed by atoms with E-state index < -0.39 is 0 Å². The molecule has 3 aliphatic carbocycles. The van der Waals surface area contributed by atoms with Crippen LogP contribution in [0.25, 0.3) is 33.5 Å². The van der Waals surface area contributed by atoms with Gasteiger partial charge in [-0.15, -0.1) is 0 Å². The third-order valence-electron chi connectivity index (χ3n) is 10.7. The van der Waals surface area contributed by atoms with E-state index in [1.807, 2.05) is 36.2 Å². The maximum absolute atomic E-state index is 13.8. The van der Waals surface area contributed by atoms with E-state index in [2.05, 4.69) is 50.5 Å². The number of allylic oxidation sites excluding steroid dienone is 5. The minimum atomic E-state index is -0.215. The number of aliphatic imine (C=N–C) groups is 1. The number of likely N-dealkylation sites (tertiary alicyclic amines) is 1. The van der Waals surface area contributed by atoms with E-state index in [-0.39, 0.29) is 29.8 Å². The summed E-state index contributed by atoms with van der Waals surface area (Å²) >= 11 is 0. The number of fused-ring (bicyclic) bond motifs is 5. The second kappa shape index (κ2) is 10.1. The molecule has 232 valence electrons. The van der Waals surface area contributed by atoms with Crippen LogP contribution in [0, 0.1) is 11.8 Å². The summed E-state index contributed by atoms with van der Waals surface area (Å²) in [5, 5.41) is 1.16. The lowest BCUT2D eigenvalue weighted by Crippen LogP contribution is -2.41. The van der Waals surface area contributed by atoms with Gasteiger partial charge in [0, 0.05) is 60.7 Å². The van der Waals surface area contributed by atoms with Crippen LogP contribution in [-0.4, -0.2) is 62.3 Å². The van der Waals surface area contributed by atoms with Gasteiger partial charge in [-0.1, -0.05) is 24.3 Å². The van der Waals surface area contributed by atoms with Crippen molar-refractivity contribution in [2.75, 3.05) is 13.7 Å². The summed E-state index contributed by atoms with van der Waals surface area (Å²) in [4.78, 5) is 36.8. The highest BCUT2D eigenvalue weighted by Gasteiger charge is 2.47. The summed E-state index contributed by atoms with van der Waals surface area (Å²) in [7, 11) is 3.68. The van der Waals surface area contributed by atoms with Gasteiger partial charge in [0.2, 0.25) is 0 Å². The zero-order valence-corrected chi connectivity index (χ0v) is 26.0. The predicted molar refractivity (Wildman–Crippen MR) is 178 cm³/mol. The first-order chi connectivity index (χ1) is 22.4. The highest BCUT2D eigenvalue weighted by atomic mass is 16.5. The van der Waals surface area contributed by atoms with Crippen LogP contribution in [0.1, 0.15) is 47.5 Å². The average Bonchev–Trinajstić information content (AvgIpc) is 3.47. The number of aryl methyl sites for hydroxylation is 1. The van der Waals surface area contributed by atoms with Gasteiger partial charge in [0.15, 0.2) is 5.82 Å². The summed E-state index contributed by atoms with van der Waals surface area (Å²) in [6.45, 7) is 1.65. The van der Waals surface area contributed by atoms with Crippen molar-refractivity contribution < 1.29 is 14.3 Å². The van der Waals surface area contributed by atoms with Crippen molar-refractivity contribution in [1.82, 2.24) is 19.0 Å². The number of carbonyl (C=O) groups excluding carboxylic acids is 2. The maximum atomic E-state index is 13.8. The molecule has 3 unspecified atom stereocenters. The number of methoxy groups -OCH3 is 1. The summed E-state index contributed by atoms with van der Waals surface area (Å²) in [6.07, 6.45) is 14.2. The van der Waals surface area contributed by atoms with Gasteiger partial charge >= 0.3 is 0 Å².